The Morgan fingerprint density at radius 1 is 1.18 bits per heavy atom. The number of amides is 1. The molecule has 0 aromatic heterocycles. The van der Waals surface area contributed by atoms with Crippen LogP contribution in [0.15, 0.2) is 24.3 Å². The SMILES string of the molecule is O=C(CCN1CCOC(c2ccc(Cl)cc2)C1)N1CCCC1. The van der Waals surface area contributed by atoms with E-state index in [1.807, 2.05) is 29.2 Å². The molecule has 2 fully saturated rings. The molecule has 2 saturated heterocycles. The molecule has 1 aromatic carbocycles. The van der Waals surface area contributed by atoms with E-state index in [-0.39, 0.29) is 6.10 Å². The predicted octanol–water partition coefficient (Wildman–Crippen LogP) is 2.73. The van der Waals surface area contributed by atoms with Gasteiger partial charge in [-0.05, 0) is 30.5 Å². The molecule has 2 aliphatic rings. The van der Waals surface area contributed by atoms with Gasteiger partial charge < -0.3 is 9.64 Å². The standard InChI is InChI=1S/C17H23ClN2O2/c18-15-5-3-14(4-6-15)16-13-19(11-12-22-16)10-7-17(21)20-8-1-2-9-20/h3-6,16H,1-2,7-13H2. The number of halogens is 1. The molecule has 1 atom stereocenters. The van der Waals surface area contributed by atoms with Crippen LogP contribution in [-0.2, 0) is 9.53 Å². The Labute approximate surface area is 137 Å². The van der Waals surface area contributed by atoms with Crippen molar-refractivity contribution in [1.82, 2.24) is 9.80 Å². The number of morpholine rings is 1. The van der Waals surface area contributed by atoms with E-state index in [2.05, 4.69) is 4.90 Å². The Kier molecular flexibility index (Phi) is 5.34. The van der Waals surface area contributed by atoms with Crippen molar-refractivity contribution < 1.29 is 9.53 Å². The third-order valence-corrected chi connectivity index (χ3v) is 4.75. The first-order valence-corrected chi connectivity index (χ1v) is 8.47. The fourth-order valence-electron chi connectivity index (χ4n) is 3.16. The Morgan fingerprint density at radius 3 is 2.64 bits per heavy atom. The number of benzene rings is 1. The molecule has 0 saturated carbocycles. The third-order valence-electron chi connectivity index (χ3n) is 4.49. The van der Waals surface area contributed by atoms with Crippen molar-refractivity contribution in [2.75, 3.05) is 39.3 Å². The van der Waals surface area contributed by atoms with E-state index in [1.54, 1.807) is 0 Å². The minimum Gasteiger partial charge on any atom is -0.371 e. The number of ether oxygens (including phenoxy) is 1. The number of carbonyl (C=O) groups is 1. The number of hydrogen-bond donors (Lipinski definition) is 0. The Balaban J connectivity index is 1.50. The molecule has 1 unspecified atom stereocenters. The first-order valence-electron chi connectivity index (χ1n) is 8.09. The number of carbonyl (C=O) groups excluding carboxylic acids is 1. The van der Waals surface area contributed by atoms with Gasteiger partial charge in [0.25, 0.3) is 0 Å². The average molecular weight is 323 g/mol. The van der Waals surface area contributed by atoms with E-state index in [4.69, 9.17) is 16.3 Å². The predicted molar refractivity (Wildman–Crippen MR) is 87.0 cm³/mol. The van der Waals surface area contributed by atoms with Gasteiger partial charge in [0, 0.05) is 44.2 Å². The van der Waals surface area contributed by atoms with E-state index >= 15 is 0 Å². The van der Waals surface area contributed by atoms with Gasteiger partial charge in [-0.2, -0.15) is 0 Å². The highest BCUT2D eigenvalue weighted by atomic mass is 35.5. The van der Waals surface area contributed by atoms with Crippen LogP contribution in [0, 0.1) is 0 Å². The maximum Gasteiger partial charge on any atom is 0.223 e. The maximum absolute atomic E-state index is 12.1. The smallest absolute Gasteiger partial charge is 0.223 e. The van der Waals surface area contributed by atoms with Crippen LogP contribution in [0.25, 0.3) is 0 Å². The normalized spacial score (nSPS) is 23.0. The first-order chi connectivity index (χ1) is 10.7. The molecular formula is C17H23ClN2O2. The summed E-state index contributed by atoms with van der Waals surface area (Å²) < 4.78 is 5.86. The number of rotatable bonds is 4. The van der Waals surface area contributed by atoms with Gasteiger partial charge in [-0.1, -0.05) is 23.7 Å². The minimum absolute atomic E-state index is 0.0768. The van der Waals surface area contributed by atoms with Crippen LogP contribution in [0.3, 0.4) is 0 Å². The van der Waals surface area contributed by atoms with Crippen LogP contribution in [0.5, 0.6) is 0 Å². The minimum atomic E-state index is 0.0768. The quantitative estimate of drug-likeness (QED) is 0.854. The van der Waals surface area contributed by atoms with Crippen LogP contribution in [0.4, 0.5) is 0 Å². The molecule has 2 aliphatic heterocycles. The monoisotopic (exact) mass is 322 g/mol. The second-order valence-corrected chi connectivity index (χ2v) is 6.49. The lowest BCUT2D eigenvalue weighted by Gasteiger charge is -2.33. The fraction of sp³-hybridized carbons (Fsp3) is 0.588. The summed E-state index contributed by atoms with van der Waals surface area (Å²) in [5.41, 5.74) is 1.15. The summed E-state index contributed by atoms with van der Waals surface area (Å²) in [6.45, 7) is 5.16. The summed E-state index contributed by atoms with van der Waals surface area (Å²) in [5.74, 6) is 0.298. The van der Waals surface area contributed by atoms with E-state index in [1.165, 1.54) is 0 Å². The van der Waals surface area contributed by atoms with Crippen molar-refractivity contribution in [3.63, 3.8) is 0 Å². The van der Waals surface area contributed by atoms with Crippen molar-refractivity contribution in [3.8, 4) is 0 Å². The van der Waals surface area contributed by atoms with Crippen LogP contribution in [-0.4, -0.2) is 55.0 Å². The zero-order chi connectivity index (χ0) is 15.4. The molecule has 2 heterocycles. The molecule has 1 aromatic rings. The second kappa shape index (κ2) is 7.44. The van der Waals surface area contributed by atoms with E-state index in [9.17, 15) is 4.79 Å². The Bertz CT molecular complexity index is 500. The molecule has 0 radical (unpaired) electrons. The molecule has 0 aliphatic carbocycles. The zero-order valence-corrected chi connectivity index (χ0v) is 13.6. The van der Waals surface area contributed by atoms with Gasteiger partial charge in [0.1, 0.15) is 0 Å². The zero-order valence-electron chi connectivity index (χ0n) is 12.8. The first kappa shape index (κ1) is 15.8. The fourth-order valence-corrected chi connectivity index (χ4v) is 3.29. The van der Waals surface area contributed by atoms with Crippen LogP contribution < -0.4 is 0 Å². The average Bonchev–Trinajstić information content (AvgIpc) is 3.08. The summed E-state index contributed by atoms with van der Waals surface area (Å²) in [6, 6.07) is 7.84. The molecule has 3 rings (SSSR count). The summed E-state index contributed by atoms with van der Waals surface area (Å²) >= 11 is 5.93. The third kappa shape index (κ3) is 4.00. The number of hydrogen-bond acceptors (Lipinski definition) is 3. The number of likely N-dealkylation sites (tertiary alicyclic amines) is 1. The molecule has 0 bridgehead atoms. The Morgan fingerprint density at radius 2 is 1.91 bits per heavy atom. The van der Waals surface area contributed by atoms with Gasteiger partial charge in [-0.15, -0.1) is 0 Å². The van der Waals surface area contributed by atoms with E-state index < -0.39 is 0 Å². The highest BCUT2D eigenvalue weighted by Crippen LogP contribution is 2.23. The summed E-state index contributed by atoms with van der Waals surface area (Å²) in [5, 5.41) is 0.743. The molecule has 22 heavy (non-hydrogen) atoms. The molecular weight excluding hydrogens is 300 g/mol. The van der Waals surface area contributed by atoms with Gasteiger partial charge >= 0.3 is 0 Å². The lowest BCUT2D eigenvalue weighted by molar-refractivity contribution is -0.131. The highest BCUT2D eigenvalue weighted by molar-refractivity contribution is 6.30. The molecule has 4 nitrogen and oxygen atoms in total. The van der Waals surface area contributed by atoms with Crippen molar-refractivity contribution in [2.45, 2.75) is 25.4 Å². The molecule has 120 valence electrons. The van der Waals surface area contributed by atoms with Gasteiger partial charge in [0.2, 0.25) is 5.91 Å². The molecule has 0 N–H and O–H groups in total. The second-order valence-electron chi connectivity index (χ2n) is 6.05. The largest absolute Gasteiger partial charge is 0.371 e. The summed E-state index contributed by atoms with van der Waals surface area (Å²) in [6.07, 6.45) is 3.00. The van der Waals surface area contributed by atoms with Crippen LogP contribution in [0.1, 0.15) is 30.9 Å². The maximum atomic E-state index is 12.1. The van der Waals surface area contributed by atoms with Gasteiger partial charge in [-0.25, -0.2) is 0 Å². The van der Waals surface area contributed by atoms with Crippen molar-refractivity contribution in [3.05, 3.63) is 34.9 Å². The summed E-state index contributed by atoms with van der Waals surface area (Å²) in [4.78, 5) is 16.5. The topological polar surface area (TPSA) is 32.8 Å². The van der Waals surface area contributed by atoms with Crippen molar-refractivity contribution in [2.24, 2.45) is 0 Å². The lowest BCUT2D eigenvalue weighted by atomic mass is 10.1. The van der Waals surface area contributed by atoms with Gasteiger partial charge in [-0.3, -0.25) is 9.69 Å². The Hall–Kier alpha value is -1.10. The van der Waals surface area contributed by atoms with Crippen LogP contribution >= 0.6 is 11.6 Å². The van der Waals surface area contributed by atoms with E-state index in [0.29, 0.717) is 18.9 Å². The summed E-state index contributed by atoms with van der Waals surface area (Å²) in [7, 11) is 0. The van der Waals surface area contributed by atoms with E-state index in [0.717, 1.165) is 56.2 Å². The van der Waals surface area contributed by atoms with Crippen LogP contribution in [0.2, 0.25) is 5.02 Å². The molecule has 0 spiro atoms. The van der Waals surface area contributed by atoms with Gasteiger partial charge in [0.15, 0.2) is 0 Å². The molecule has 1 amide bonds. The highest BCUT2D eigenvalue weighted by Gasteiger charge is 2.24. The van der Waals surface area contributed by atoms with Gasteiger partial charge in [0.05, 0.1) is 12.7 Å². The van der Waals surface area contributed by atoms with Crippen molar-refractivity contribution in [1.29, 1.82) is 0 Å². The number of nitrogens with zero attached hydrogens (tertiary/aromatic N) is 2. The lowest BCUT2D eigenvalue weighted by Crippen LogP contribution is -2.40. The molecule has 5 heteroatoms. The van der Waals surface area contributed by atoms with Crippen molar-refractivity contribution >= 4 is 17.5 Å².